The van der Waals surface area contributed by atoms with Crippen molar-refractivity contribution in [2.45, 2.75) is 0 Å². The first-order chi connectivity index (χ1) is 11.7. The number of rotatable bonds is 3. The van der Waals surface area contributed by atoms with Crippen LogP contribution in [0.5, 0.6) is 0 Å². The van der Waals surface area contributed by atoms with E-state index in [9.17, 15) is 4.79 Å². The molecule has 1 amide bonds. The smallest absolute Gasteiger partial charge is 0.267 e. The van der Waals surface area contributed by atoms with E-state index in [2.05, 4.69) is 15.0 Å². The summed E-state index contributed by atoms with van der Waals surface area (Å²) in [6.45, 7) is 0. The van der Waals surface area contributed by atoms with Gasteiger partial charge in [0.25, 0.3) is 5.91 Å². The maximum absolute atomic E-state index is 11.9. The molecule has 24 heavy (non-hydrogen) atoms. The third-order valence-electron chi connectivity index (χ3n) is 3.71. The zero-order valence-corrected chi connectivity index (χ0v) is 13.3. The molecule has 3 aromatic heterocycles. The zero-order chi connectivity index (χ0) is 16.5. The first kappa shape index (κ1) is 14.5. The highest BCUT2D eigenvalue weighted by molar-refractivity contribution is 7.21. The van der Waals surface area contributed by atoms with E-state index in [1.807, 2.05) is 42.5 Å². The van der Waals surface area contributed by atoms with E-state index in [1.54, 1.807) is 23.7 Å². The Morgan fingerprint density at radius 3 is 2.67 bits per heavy atom. The molecule has 0 saturated heterocycles. The Morgan fingerprint density at radius 2 is 1.92 bits per heavy atom. The minimum absolute atomic E-state index is 0.266. The van der Waals surface area contributed by atoms with Crippen molar-refractivity contribution in [2.75, 3.05) is 0 Å². The van der Waals surface area contributed by atoms with Gasteiger partial charge < -0.3 is 5.73 Å². The third-order valence-corrected chi connectivity index (χ3v) is 4.80. The van der Waals surface area contributed by atoms with Crippen LogP contribution < -0.4 is 5.73 Å². The number of hydrogen-bond acceptors (Lipinski definition) is 5. The molecule has 3 heterocycles. The number of carbonyl (C=O) groups excluding carboxylic acids is 1. The van der Waals surface area contributed by atoms with Gasteiger partial charge in [-0.25, -0.2) is 9.97 Å². The summed E-state index contributed by atoms with van der Waals surface area (Å²) < 4.78 is 0. The minimum Gasteiger partial charge on any atom is -0.364 e. The van der Waals surface area contributed by atoms with Gasteiger partial charge in [-0.05, 0) is 17.7 Å². The van der Waals surface area contributed by atoms with Gasteiger partial charge in [0.05, 0.1) is 0 Å². The van der Waals surface area contributed by atoms with Gasteiger partial charge in [-0.15, -0.1) is 11.3 Å². The Kier molecular flexibility index (Phi) is 3.51. The number of pyridine rings is 1. The molecule has 116 valence electrons. The molecule has 2 N–H and O–H groups in total. The maximum atomic E-state index is 11.9. The van der Waals surface area contributed by atoms with E-state index in [-0.39, 0.29) is 5.69 Å². The number of primary amides is 1. The lowest BCUT2D eigenvalue weighted by Gasteiger charge is -2.11. The summed E-state index contributed by atoms with van der Waals surface area (Å²) in [4.78, 5) is 26.3. The average molecular weight is 332 g/mol. The largest absolute Gasteiger partial charge is 0.364 e. The van der Waals surface area contributed by atoms with Crippen molar-refractivity contribution < 1.29 is 4.79 Å². The van der Waals surface area contributed by atoms with Crippen LogP contribution >= 0.6 is 11.3 Å². The van der Waals surface area contributed by atoms with Crippen molar-refractivity contribution in [2.24, 2.45) is 5.73 Å². The SMILES string of the molecule is NC(=O)c1nccc(-c2cc3cncnc3s2)c1-c1ccccc1. The Balaban J connectivity index is 2.01. The van der Waals surface area contributed by atoms with E-state index in [4.69, 9.17) is 5.73 Å². The molecule has 1 aromatic carbocycles. The molecule has 5 nitrogen and oxygen atoms in total. The van der Waals surface area contributed by atoms with Gasteiger partial charge in [0, 0.05) is 33.8 Å². The van der Waals surface area contributed by atoms with Crippen molar-refractivity contribution in [3.8, 4) is 21.6 Å². The number of nitrogens with zero attached hydrogens (tertiary/aromatic N) is 3. The molecule has 0 radical (unpaired) electrons. The van der Waals surface area contributed by atoms with Crippen molar-refractivity contribution in [1.82, 2.24) is 15.0 Å². The molecule has 0 saturated carbocycles. The molecule has 6 heteroatoms. The summed E-state index contributed by atoms with van der Waals surface area (Å²) in [5.41, 5.74) is 8.37. The van der Waals surface area contributed by atoms with E-state index < -0.39 is 5.91 Å². The maximum Gasteiger partial charge on any atom is 0.267 e. The van der Waals surface area contributed by atoms with Crippen molar-refractivity contribution in [3.63, 3.8) is 0 Å². The fourth-order valence-electron chi connectivity index (χ4n) is 2.67. The molecule has 0 unspecified atom stereocenters. The molecule has 4 aromatic rings. The quantitative estimate of drug-likeness (QED) is 0.622. The summed E-state index contributed by atoms with van der Waals surface area (Å²) in [5.74, 6) is -0.545. The molecule has 0 aliphatic carbocycles. The van der Waals surface area contributed by atoms with Gasteiger partial charge in [-0.1, -0.05) is 30.3 Å². The summed E-state index contributed by atoms with van der Waals surface area (Å²) in [5, 5.41) is 0.967. The van der Waals surface area contributed by atoms with Gasteiger partial charge in [-0.3, -0.25) is 9.78 Å². The zero-order valence-electron chi connectivity index (χ0n) is 12.5. The van der Waals surface area contributed by atoms with Gasteiger partial charge >= 0.3 is 0 Å². The number of carbonyl (C=O) groups is 1. The number of nitrogens with two attached hydrogens (primary N) is 1. The Morgan fingerprint density at radius 1 is 1.08 bits per heavy atom. The highest BCUT2D eigenvalue weighted by atomic mass is 32.1. The number of thiophene rings is 1. The second-order valence-corrected chi connectivity index (χ2v) is 6.24. The highest BCUT2D eigenvalue weighted by Crippen LogP contribution is 2.39. The normalized spacial score (nSPS) is 10.8. The van der Waals surface area contributed by atoms with E-state index in [0.717, 1.165) is 31.8 Å². The molecule has 0 aliphatic rings. The number of aromatic nitrogens is 3. The van der Waals surface area contributed by atoms with Crippen LogP contribution in [-0.2, 0) is 0 Å². The van der Waals surface area contributed by atoms with E-state index in [0.29, 0.717) is 0 Å². The lowest BCUT2D eigenvalue weighted by atomic mass is 9.97. The first-order valence-corrected chi connectivity index (χ1v) is 8.10. The van der Waals surface area contributed by atoms with E-state index in [1.165, 1.54) is 6.33 Å². The number of amides is 1. The summed E-state index contributed by atoms with van der Waals surface area (Å²) in [6.07, 6.45) is 4.92. The highest BCUT2D eigenvalue weighted by Gasteiger charge is 2.18. The van der Waals surface area contributed by atoms with Crippen molar-refractivity contribution >= 4 is 27.5 Å². The number of hydrogen-bond donors (Lipinski definition) is 1. The van der Waals surface area contributed by atoms with Crippen LogP contribution in [0.1, 0.15) is 10.5 Å². The van der Waals surface area contributed by atoms with Gasteiger partial charge in [0.15, 0.2) is 0 Å². The third kappa shape index (κ3) is 2.43. The van der Waals surface area contributed by atoms with Crippen LogP contribution in [0, 0.1) is 0 Å². The Bertz CT molecular complexity index is 1010. The molecule has 0 bridgehead atoms. The van der Waals surface area contributed by atoms with Gasteiger partial charge in [0.1, 0.15) is 16.9 Å². The molecule has 4 rings (SSSR count). The van der Waals surface area contributed by atoms with Crippen LogP contribution in [0.3, 0.4) is 0 Å². The van der Waals surface area contributed by atoms with Crippen LogP contribution in [0.25, 0.3) is 31.8 Å². The summed E-state index contributed by atoms with van der Waals surface area (Å²) >= 11 is 1.55. The summed E-state index contributed by atoms with van der Waals surface area (Å²) in [6, 6.07) is 13.6. The second kappa shape index (κ2) is 5.82. The second-order valence-electron chi connectivity index (χ2n) is 5.21. The molecule has 0 fully saturated rings. The molecule has 0 spiro atoms. The topological polar surface area (TPSA) is 81.8 Å². The molecular weight excluding hydrogens is 320 g/mol. The molecular formula is C18H12N4OS. The molecule has 0 atom stereocenters. The molecule has 0 aliphatic heterocycles. The first-order valence-electron chi connectivity index (χ1n) is 7.28. The lowest BCUT2D eigenvalue weighted by molar-refractivity contribution is 0.0996. The van der Waals surface area contributed by atoms with Crippen LogP contribution in [0.15, 0.2) is 61.2 Å². The van der Waals surface area contributed by atoms with Crippen molar-refractivity contribution in [3.05, 3.63) is 66.9 Å². The fraction of sp³-hybridized carbons (Fsp3) is 0. The number of benzene rings is 1. The predicted octanol–water partition coefficient (Wildman–Crippen LogP) is 3.52. The van der Waals surface area contributed by atoms with Gasteiger partial charge in [-0.2, -0.15) is 0 Å². The van der Waals surface area contributed by atoms with E-state index >= 15 is 0 Å². The monoisotopic (exact) mass is 332 g/mol. The van der Waals surface area contributed by atoms with Crippen LogP contribution in [0.4, 0.5) is 0 Å². The lowest BCUT2D eigenvalue weighted by Crippen LogP contribution is -2.15. The Hall–Kier alpha value is -3.12. The standard InChI is InChI=1S/C18H12N4OS/c19-17(23)16-15(11-4-2-1-3-5-11)13(6-7-21-16)14-8-12-9-20-10-22-18(12)24-14/h1-10H,(H2,19,23). The number of fused-ring (bicyclic) bond motifs is 1. The van der Waals surface area contributed by atoms with Crippen LogP contribution in [-0.4, -0.2) is 20.9 Å². The Labute approximate surface area is 141 Å². The average Bonchev–Trinajstić information content (AvgIpc) is 3.05. The summed E-state index contributed by atoms with van der Waals surface area (Å²) in [7, 11) is 0. The fourth-order valence-corrected chi connectivity index (χ4v) is 3.68. The van der Waals surface area contributed by atoms with Crippen molar-refractivity contribution in [1.29, 1.82) is 0 Å². The van der Waals surface area contributed by atoms with Gasteiger partial charge in [0.2, 0.25) is 0 Å². The minimum atomic E-state index is -0.545. The van der Waals surface area contributed by atoms with Crippen LogP contribution in [0.2, 0.25) is 0 Å². The predicted molar refractivity (Wildman–Crippen MR) is 94.6 cm³/mol.